The fourth-order valence-corrected chi connectivity index (χ4v) is 6.93. The number of nitrogens with zero attached hydrogens (tertiary/aromatic N) is 3. The van der Waals surface area contributed by atoms with Crippen LogP contribution in [0, 0.1) is 5.92 Å². The summed E-state index contributed by atoms with van der Waals surface area (Å²) in [7, 11) is 3.45. The maximum absolute atomic E-state index is 13.5. The number of carbonyl (C=O) groups excluding carboxylic acids is 3. The Balaban J connectivity index is 0.000000164. The summed E-state index contributed by atoms with van der Waals surface area (Å²) in [6, 6.07) is 5.21. The Hall–Kier alpha value is -3.38. The summed E-state index contributed by atoms with van der Waals surface area (Å²) < 4.78 is 46.0. The van der Waals surface area contributed by atoms with E-state index in [0.717, 1.165) is 30.5 Å². The highest BCUT2D eigenvalue weighted by Crippen LogP contribution is 2.45. The van der Waals surface area contributed by atoms with E-state index in [0.29, 0.717) is 23.0 Å². The molecule has 5 aliphatic rings. The van der Waals surface area contributed by atoms with Crippen molar-refractivity contribution < 1.29 is 32.3 Å². The van der Waals surface area contributed by atoms with Crippen LogP contribution in [0.5, 0.6) is 0 Å². The number of hydrogen-bond donors (Lipinski definition) is 2. The van der Waals surface area contributed by atoms with Crippen LogP contribution in [0.25, 0.3) is 16.5 Å². The summed E-state index contributed by atoms with van der Waals surface area (Å²) in [6.07, 6.45) is -0.809. The van der Waals surface area contributed by atoms with Gasteiger partial charge in [-0.3, -0.25) is 19.3 Å². The van der Waals surface area contributed by atoms with Gasteiger partial charge in [-0.1, -0.05) is 18.2 Å². The fraction of sp³-hybridized carbons (Fsp3) is 0.536. The van der Waals surface area contributed by atoms with Crippen LogP contribution in [0.15, 0.2) is 24.3 Å². The number of nitrogens with one attached hydrogen (secondary N) is 2. The van der Waals surface area contributed by atoms with Crippen LogP contribution in [0.3, 0.4) is 0 Å². The standard InChI is InChI=1S/C18H18F3N3O.C10H14N2O3/c1-22-17(25)9-6-11-10-4-3-5-13-15(10)12(7-14(11)24(2)8-9)16(23-13)18(19,20)21;1-6-9(14)12-5-8(13)11-4-2-3-7(11)10(12)15-6/h3-6,9,14,23H,7-8H2,1-2H3,(H,22,25);6-7,10H,2-5H2,1H3/t9?,14-;/m1./s1. The van der Waals surface area contributed by atoms with Crippen molar-refractivity contribution in [3.63, 3.8) is 0 Å². The molecule has 0 saturated carbocycles. The first-order valence-corrected chi connectivity index (χ1v) is 13.6. The maximum atomic E-state index is 13.5. The van der Waals surface area contributed by atoms with Crippen molar-refractivity contribution in [3.8, 4) is 0 Å². The van der Waals surface area contributed by atoms with E-state index in [4.69, 9.17) is 4.74 Å². The molecular weight excluding hydrogens is 527 g/mol. The average molecular weight is 560 g/mol. The van der Waals surface area contributed by atoms with Crippen LogP contribution in [-0.2, 0) is 31.7 Å². The van der Waals surface area contributed by atoms with Crippen molar-refractivity contribution in [1.29, 1.82) is 0 Å². The monoisotopic (exact) mass is 559 g/mol. The number of aromatic amines is 1. The van der Waals surface area contributed by atoms with E-state index < -0.39 is 11.9 Å². The van der Waals surface area contributed by atoms with Gasteiger partial charge in [0.15, 0.2) is 6.23 Å². The largest absolute Gasteiger partial charge is 0.431 e. The molecule has 9 nitrogen and oxygen atoms in total. The van der Waals surface area contributed by atoms with Gasteiger partial charge in [0, 0.05) is 37.1 Å². The van der Waals surface area contributed by atoms with Gasteiger partial charge in [-0.05, 0) is 56.0 Å². The van der Waals surface area contributed by atoms with Gasteiger partial charge < -0.3 is 24.8 Å². The Morgan fingerprint density at radius 3 is 2.70 bits per heavy atom. The summed E-state index contributed by atoms with van der Waals surface area (Å²) in [5.74, 6) is -0.361. The number of carbonyl (C=O) groups is 3. The van der Waals surface area contributed by atoms with Gasteiger partial charge in [-0.25, -0.2) is 0 Å². The molecule has 7 rings (SSSR count). The highest BCUT2D eigenvalue weighted by atomic mass is 19.4. The lowest BCUT2D eigenvalue weighted by molar-refractivity contribution is -0.153. The zero-order chi connectivity index (χ0) is 28.5. The van der Waals surface area contributed by atoms with E-state index in [1.807, 2.05) is 29.0 Å². The van der Waals surface area contributed by atoms with Crippen molar-refractivity contribution in [1.82, 2.24) is 25.0 Å². The van der Waals surface area contributed by atoms with Crippen LogP contribution in [-0.4, -0.2) is 95.6 Å². The van der Waals surface area contributed by atoms with Gasteiger partial charge in [0.1, 0.15) is 18.3 Å². The zero-order valence-corrected chi connectivity index (χ0v) is 22.5. The van der Waals surface area contributed by atoms with Gasteiger partial charge in [0.25, 0.3) is 5.91 Å². The normalized spacial score (nSPS) is 29.4. The molecule has 4 unspecified atom stereocenters. The topological polar surface area (TPSA) is 98.0 Å². The summed E-state index contributed by atoms with van der Waals surface area (Å²) in [6.45, 7) is 3.26. The van der Waals surface area contributed by atoms with Crippen LogP contribution >= 0.6 is 0 Å². The number of alkyl halides is 3. The highest BCUT2D eigenvalue weighted by molar-refractivity contribution is 6.00. The molecular formula is C28H32F3N5O4. The number of fused-ring (bicyclic) bond motifs is 5. The molecule has 0 radical (unpaired) electrons. The molecule has 12 heteroatoms. The van der Waals surface area contributed by atoms with Gasteiger partial charge in [-0.2, -0.15) is 13.2 Å². The molecule has 2 aromatic rings. The van der Waals surface area contributed by atoms with Gasteiger partial charge >= 0.3 is 6.18 Å². The molecule has 2 N–H and O–H groups in total. The molecule has 0 spiro atoms. The van der Waals surface area contributed by atoms with Crippen molar-refractivity contribution in [2.24, 2.45) is 5.92 Å². The quantitative estimate of drug-likeness (QED) is 0.559. The minimum atomic E-state index is -4.41. The molecule has 1 aromatic carbocycles. The Morgan fingerprint density at radius 1 is 1.20 bits per heavy atom. The highest BCUT2D eigenvalue weighted by Gasteiger charge is 2.51. The van der Waals surface area contributed by atoms with Crippen molar-refractivity contribution >= 4 is 34.2 Å². The third-order valence-electron chi connectivity index (χ3n) is 8.80. The molecule has 1 aliphatic carbocycles. The molecule has 5 heterocycles. The number of benzene rings is 1. The minimum Gasteiger partial charge on any atom is -0.359 e. The number of rotatable bonds is 1. The number of ether oxygens (including phenoxy) is 1. The minimum absolute atomic E-state index is 0.0418. The number of halogens is 3. The van der Waals surface area contributed by atoms with Crippen molar-refractivity contribution in [3.05, 3.63) is 41.1 Å². The summed E-state index contributed by atoms with van der Waals surface area (Å²) in [5.41, 5.74) is 1.88. The van der Waals surface area contributed by atoms with Gasteiger partial charge in [0.2, 0.25) is 11.8 Å². The molecule has 40 heavy (non-hydrogen) atoms. The van der Waals surface area contributed by atoms with E-state index in [1.165, 1.54) is 0 Å². The molecule has 3 amide bonds. The van der Waals surface area contributed by atoms with E-state index >= 15 is 0 Å². The van der Waals surface area contributed by atoms with Crippen LogP contribution in [0.4, 0.5) is 13.2 Å². The summed E-state index contributed by atoms with van der Waals surface area (Å²) in [4.78, 5) is 43.5. The molecule has 3 fully saturated rings. The lowest BCUT2D eigenvalue weighted by Gasteiger charge is -2.39. The van der Waals surface area contributed by atoms with E-state index in [1.54, 1.807) is 31.0 Å². The number of piperazine rings is 1. The Morgan fingerprint density at radius 2 is 1.98 bits per heavy atom. The first kappa shape index (κ1) is 26.8. The lowest BCUT2D eigenvalue weighted by Crippen LogP contribution is -2.58. The van der Waals surface area contributed by atoms with E-state index in [9.17, 15) is 27.6 Å². The second kappa shape index (κ2) is 9.62. The first-order chi connectivity index (χ1) is 19.0. The number of aromatic nitrogens is 1. The van der Waals surface area contributed by atoms with Crippen LogP contribution in [0.1, 0.15) is 36.6 Å². The number of hydrogen-bond acceptors (Lipinski definition) is 5. The molecule has 1 aromatic heterocycles. The number of H-pyrrole nitrogens is 1. The predicted molar refractivity (Wildman–Crippen MR) is 140 cm³/mol. The Kier molecular flexibility index (Phi) is 6.45. The van der Waals surface area contributed by atoms with Crippen LogP contribution in [0.2, 0.25) is 0 Å². The second-order valence-electron chi connectivity index (χ2n) is 11.1. The van der Waals surface area contributed by atoms with Crippen LogP contribution < -0.4 is 5.32 Å². The van der Waals surface area contributed by atoms with Crippen molar-refractivity contribution in [2.45, 2.75) is 56.8 Å². The van der Waals surface area contributed by atoms with E-state index in [-0.39, 0.29) is 61.0 Å². The zero-order valence-electron chi connectivity index (χ0n) is 22.5. The van der Waals surface area contributed by atoms with Gasteiger partial charge in [-0.15, -0.1) is 0 Å². The number of likely N-dealkylation sites (N-methyl/N-ethyl adjacent to an activating group) is 1. The number of amides is 3. The first-order valence-electron chi connectivity index (χ1n) is 13.6. The molecule has 3 saturated heterocycles. The predicted octanol–water partition coefficient (Wildman–Crippen LogP) is 2.37. The molecule has 4 aliphatic heterocycles. The molecule has 0 bridgehead atoms. The summed E-state index contributed by atoms with van der Waals surface area (Å²) in [5, 5.41) is 3.28. The fourth-order valence-electron chi connectivity index (χ4n) is 6.93. The maximum Gasteiger partial charge on any atom is 0.431 e. The third-order valence-corrected chi connectivity index (χ3v) is 8.80. The SMILES string of the molecule is CC1OC2C3CCCN3C(=O)CN2C1=O.CNC(=O)C1C=C2c3cccc4[nH]c(C(F)(F)F)c(c34)C[C@H]2N(C)C1. The van der Waals surface area contributed by atoms with Crippen molar-refractivity contribution in [2.75, 3.05) is 33.7 Å². The Labute approximate surface area is 229 Å². The summed E-state index contributed by atoms with van der Waals surface area (Å²) >= 11 is 0. The Bertz CT molecular complexity index is 1420. The third kappa shape index (κ3) is 4.19. The average Bonchev–Trinajstić information content (AvgIpc) is 3.63. The lowest BCUT2D eigenvalue weighted by atomic mass is 9.79. The molecule has 214 valence electrons. The second-order valence-corrected chi connectivity index (χ2v) is 11.1. The van der Waals surface area contributed by atoms with E-state index in [2.05, 4.69) is 10.3 Å². The molecule has 5 atom stereocenters. The van der Waals surface area contributed by atoms with Gasteiger partial charge in [0.05, 0.1) is 12.0 Å². The smallest absolute Gasteiger partial charge is 0.359 e.